The van der Waals surface area contributed by atoms with Gasteiger partial charge in [0.05, 0.1) is 23.3 Å². The average molecular weight is 398 g/mol. The lowest BCUT2D eigenvalue weighted by atomic mass is 10.1. The van der Waals surface area contributed by atoms with Crippen LogP contribution >= 0.6 is 0 Å². The Kier molecular flexibility index (Phi) is 3.47. The molecule has 1 saturated carbocycles. The van der Waals surface area contributed by atoms with E-state index in [2.05, 4.69) is 27.0 Å². The van der Waals surface area contributed by atoms with Crippen molar-refractivity contribution in [3.05, 3.63) is 76.9 Å². The maximum Gasteiger partial charge on any atom is 0.278 e. The molecule has 1 aliphatic rings. The van der Waals surface area contributed by atoms with Crippen molar-refractivity contribution < 1.29 is 4.52 Å². The van der Waals surface area contributed by atoms with E-state index in [1.165, 1.54) is 0 Å². The van der Waals surface area contributed by atoms with E-state index >= 15 is 0 Å². The van der Waals surface area contributed by atoms with Crippen LogP contribution in [0, 0.1) is 0 Å². The fourth-order valence-electron chi connectivity index (χ4n) is 3.81. The topological polar surface area (TPSA) is 91.1 Å². The molecule has 1 fully saturated rings. The zero-order valence-electron chi connectivity index (χ0n) is 16.3. The van der Waals surface area contributed by atoms with Gasteiger partial charge in [-0.3, -0.25) is 18.7 Å². The van der Waals surface area contributed by atoms with Crippen LogP contribution in [-0.4, -0.2) is 29.1 Å². The van der Waals surface area contributed by atoms with E-state index in [-0.39, 0.29) is 11.0 Å². The largest absolute Gasteiger partial charge is 0.338 e. The van der Waals surface area contributed by atoms with E-state index in [1.807, 2.05) is 42.5 Å². The molecule has 0 spiro atoms. The highest BCUT2D eigenvalue weighted by Crippen LogP contribution is 2.47. The van der Waals surface area contributed by atoms with Crippen molar-refractivity contribution in [3.8, 4) is 11.5 Å². The molecule has 8 heteroatoms. The van der Waals surface area contributed by atoms with Gasteiger partial charge in [0.1, 0.15) is 17.5 Å². The summed E-state index contributed by atoms with van der Waals surface area (Å²) in [7, 11) is 0. The maximum absolute atomic E-state index is 13.6. The van der Waals surface area contributed by atoms with Crippen molar-refractivity contribution >= 4 is 16.6 Å². The summed E-state index contributed by atoms with van der Waals surface area (Å²) in [5.74, 6) is 0.950. The molecule has 0 aliphatic heterocycles. The Balaban J connectivity index is 1.60. The van der Waals surface area contributed by atoms with E-state index in [4.69, 9.17) is 4.52 Å². The number of hydrogen-bond donors (Lipinski definition) is 0. The highest BCUT2D eigenvalue weighted by Gasteiger charge is 2.44. The molecule has 4 heterocycles. The summed E-state index contributed by atoms with van der Waals surface area (Å²) in [6.45, 7) is 2.46. The van der Waals surface area contributed by atoms with Gasteiger partial charge in [-0.25, -0.2) is 4.98 Å². The van der Waals surface area contributed by atoms with Gasteiger partial charge in [-0.15, -0.1) is 0 Å². The Morgan fingerprint density at radius 1 is 1.07 bits per heavy atom. The van der Waals surface area contributed by atoms with Crippen molar-refractivity contribution in [2.75, 3.05) is 0 Å². The van der Waals surface area contributed by atoms with Crippen LogP contribution in [0.15, 0.2) is 64.3 Å². The van der Waals surface area contributed by atoms with E-state index in [9.17, 15) is 4.79 Å². The number of rotatable bonds is 4. The van der Waals surface area contributed by atoms with Gasteiger partial charge in [0.15, 0.2) is 0 Å². The van der Waals surface area contributed by atoms with Gasteiger partial charge in [0, 0.05) is 11.6 Å². The monoisotopic (exact) mass is 398 g/mol. The Hall–Kier alpha value is -3.81. The quantitative estimate of drug-likeness (QED) is 0.462. The molecule has 0 radical (unpaired) electrons. The summed E-state index contributed by atoms with van der Waals surface area (Å²) in [5, 5.41) is 4.13. The second-order valence-electron chi connectivity index (χ2n) is 8.00. The third-order valence-electron chi connectivity index (χ3n) is 5.85. The SMILES string of the molecule is CC1(c2nc(-c3ncn4c3c(=O)n(Cc3ccccn3)c3ccccc34)no2)CC1. The molecule has 1 aliphatic carbocycles. The minimum absolute atomic E-state index is 0.0489. The Morgan fingerprint density at radius 3 is 2.63 bits per heavy atom. The number of imidazole rings is 1. The van der Waals surface area contributed by atoms with Crippen molar-refractivity contribution in [2.24, 2.45) is 0 Å². The van der Waals surface area contributed by atoms with E-state index in [0.29, 0.717) is 29.5 Å². The average Bonchev–Trinajstić information content (AvgIpc) is 3.19. The molecule has 1 aromatic carbocycles. The van der Waals surface area contributed by atoms with Crippen LogP contribution < -0.4 is 5.56 Å². The van der Waals surface area contributed by atoms with Gasteiger partial charge < -0.3 is 4.52 Å². The molecular formula is C22H18N6O2. The molecule has 0 saturated heterocycles. The Labute approximate surface area is 170 Å². The number of fused-ring (bicyclic) bond motifs is 3. The molecule has 30 heavy (non-hydrogen) atoms. The molecule has 0 N–H and O–H groups in total. The first-order valence-electron chi connectivity index (χ1n) is 9.87. The van der Waals surface area contributed by atoms with Crippen molar-refractivity contribution in [2.45, 2.75) is 31.7 Å². The number of nitrogens with zero attached hydrogens (tertiary/aromatic N) is 6. The molecule has 0 amide bonds. The summed E-state index contributed by atoms with van der Waals surface area (Å²) in [4.78, 5) is 27.0. The van der Waals surface area contributed by atoms with E-state index < -0.39 is 0 Å². The number of hydrogen-bond acceptors (Lipinski definition) is 6. The standard InChI is InChI=1S/C22H18N6O2/c1-22(9-10-22)21-25-19(26-30-21)17-18-20(29)27(12-14-6-4-5-11-23-14)15-7-2-3-8-16(15)28(18)13-24-17/h2-8,11,13H,9-10,12H2,1H3. The third kappa shape index (κ3) is 2.50. The maximum atomic E-state index is 13.6. The first-order chi connectivity index (χ1) is 14.6. The smallest absolute Gasteiger partial charge is 0.278 e. The highest BCUT2D eigenvalue weighted by molar-refractivity contribution is 5.83. The zero-order chi connectivity index (χ0) is 20.3. The van der Waals surface area contributed by atoms with Crippen LogP contribution in [0.1, 0.15) is 31.4 Å². The minimum Gasteiger partial charge on any atom is -0.338 e. The fraction of sp³-hybridized carbons (Fsp3) is 0.227. The third-order valence-corrected chi connectivity index (χ3v) is 5.85. The molecule has 4 aromatic heterocycles. The Bertz CT molecular complexity index is 1460. The number of benzene rings is 1. The van der Waals surface area contributed by atoms with Crippen LogP contribution in [0.3, 0.4) is 0 Å². The van der Waals surface area contributed by atoms with Gasteiger partial charge in [-0.05, 0) is 37.1 Å². The van der Waals surface area contributed by atoms with Crippen molar-refractivity contribution in [1.82, 2.24) is 29.1 Å². The molecule has 0 atom stereocenters. The molecule has 148 valence electrons. The van der Waals surface area contributed by atoms with E-state index in [1.54, 1.807) is 21.5 Å². The highest BCUT2D eigenvalue weighted by atomic mass is 16.5. The predicted octanol–water partition coefficient (Wildman–Crippen LogP) is 3.19. The van der Waals surface area contributed by atoms with Crippen molar-refractivity contribution in [3.63, 3.8) is 0 Å². The van der Waals surface area contributed by atoms with E-state index in [0.717, 1.165) is 29.6 Å². The lowest BCUT2D eigenvalue weighted by molar-refractivity contribution is 0.353. The summed E-state index contributed by atoms with van der Waals surface area (Å²) in [5.41, 5.74) is 3.13. The molecule has 0 unspecified atom stereocenters. The first kappa shape index (κ1) is 17.1. The lowest BCUT2D eigenvalue weighted by Crippen LogP contribution is -2.24. The molecule has 0 bridgehead atoms. The fourth-order valence-corrected chi connectivity index (χ4v) is 3.81. The van der Waals surface area contributed by atoms with Crippen LogP contribution in [-0.2, 0) is 12.0 Å². The molecule has 6 rings (SSSR count). The normalized spacial score (nSPS) is 15.1. The number of aromatic nitrogens is 6. The second kappa shape index (κ2) is 6.09. The van der Waals surface area contributed by atoms with Crippen LogP contribution in [0.25, 0.3) is 28.1 Å². The van der Waals surface area contributed by atoms with Crippen LogP contribution in [0.5, 0.6) is 0 Å². The van der Waals surface area contributed by atoms with Crippen LogP contribution in [0.4, 0.5) is 0 Å². The van der Waals surface area contributed by atoms with Crippen molar-refractivity contribution in [1.29, 1.82) is 0 Å². The predicted molar refractivity (Wildman–Crippen MR) is 110 cm³/mol. The second-order valence-corrected chi connectivity index (χ2v) is 8.00. The van der Waals surface area contributed by atoms with Gasteiger partial charge in [-0.1, -0.05) is 30.3 Å². The van der Waals surface area contributed by atoms with Crippen LogP contribution in [0.2, 0.25) is 0 Å². The first-order valence-corrected chi connectivity index (χ1v) is 9.87. The molecular weight excluding hydrogens is 380 g/mol. The summed E-state index contributed by atoms with van der Waals surface area (Å²) in [6, 6.07) is 13.4. The molecule has 8 nitrogen and oxygen atoms in total. The number of para-hydroxylation sites is 2. The summed E-state index contributed by atoms with van der Waals surface area (Å²) >= 11 is 0. The summed E-state index contributed by atoms with van der Waals surface area (Å²) in [6.07, 6.45) is 5.43. The van der Waals surface area contributed by atoms with Gasteiger partial charge in [-0.2, -0.15) is 4.98 Å². The number of pyridine rings is 1. The van der Waals surface area contributed by atoms with Gasteiger partial charge >= 0.3 is 0 Å². The zero-order valence-corrected chi connectivity index (χ0v) is 16.3. The van der Waals surface area contributed by atoms with Gasteiger partial charge in [0.2, 0.25) is 11.7 Å². The van der Waals surface area contributed by atoms with Gasteiger partial charge in [0.25, 0.3) is 5.56 Å². The Morgan fingerprint density at radius 2 is 1.87 bits per heavy atom. The molecule has 5 aromatic rings. The summed E-state index contributed by atoms with van der Waals surface area (Å²) < 4.78 is 9.01. The lowest BCUT2D eigenvalue weighted by Gasteiger charge is -2.12. The minimum atomic E-state index is -0.171.